The standard InChI is InChI=1S/C20H12N4/c1-2-14-10-16-5-6-18(23-16)12-20-8-7-19(24-20)11-17-4-3-15(22-17)9-13(1)21-14/h1-12H/q-2. The minimum atomic E-state index is 0.894. The molecule has 0 radical (unpaired) electrons. The fourth-order valence-corrected chi connectivity index (χ4v) is 2.83. The minimum absolute atomic E-state index is 0.894. The molecule has 0 spiro atoms. The summed E-state index contributed by atoms with van der Waals surface area (Å²) in [6, 6.07) is 15.9. The molecule has 5 heterocycles. The molecule has 0 saturated carbocycles. The summed E-state index contributed by atoms with van der Waals surface area (Å²) < 4.78 is 0. The van der Waals surface area contributed by atoms with Gasteiger partial charge in [-0.25, -0.2) is 9.97 Å². The van der Waals surface area contributed by atoms with Gasteiger partial charge in [0.25, 0.3) is 0 Å². The van der Waals surface area contributed by atoms with E-state index in [2.05, 4.69) is 19.9 Å². The van der Waals surface area contributed by atoms with Gasteiger partial charge in [-0.1, -0.05) is 42.5 Å². The van der Waals surface area contributed by atoms with Crippen molar-refractivity contribution in [2.24, 2.45) is 0 Å². The first-order chi connectivity index (χ1) is 11.8. The fraction of sp³-hybridized carbons (Fsp3) is 0. The molecule has 0 aliphatic carbocycles. The molecule has 0 N–H and O–H groups in total. The minimum Gasteiger partial charge on any atom is -0.658 e. The van der Waals surface area contributed by atoms with Crippen molar-refractivity contribution in [1.29, 1.82) is 0 Å². The van der Waals surface area contributed by atoms with Gasteiger partial charge in [0.05, 0.1) is 22.8 Å². The Bertz CT molecular complexity index is 1070. The summed E-state index contributed by atoms with van der Waals surface area (Å²) in [4.78, 5) is 18.4. The van der Waals surface area contributed by atoms with Gasteiger partial charge in [-0.3, -0.25) is 0 Å². The number of aromatic nitrogens is 4. The predicted octanol–water partition coefficient (Wildman–Crippen LogP) is 3.91. The largest absolute Gasteiger partial charge is 0.658 e. The highest BCUT2D eigenvalue weighted by Gasteiger charge is 2.00. The quantitative estimate of drug-likeness (QED) is 0.435. The van der Waals surface area contributed by atoms with Crippen molar-refractivity contribution in [3.05, 3.63) is 71.3 Å². The van der Waals surface area contributed by atoms with E-state index in [0.29, 0.717) is 0 Å². The Morgan fingerprint density at radius 3 is 1.29 bits per heavy atom. The lowest BCUT2D eigenvalue weighted by Gasteiger charge is -2.00. The van der Waals surface area contributed by atoms with Crippen LogP contribution in [0, 0.1) is 0 Å². The SMILES string of the molecule is C1=Cc2cc3ccc(cc4ccc(cc5nc(cc1n2)C=C5)[n-]4)[n-]3. The van der Waals surface area contributed by atoms with Crippen molar-refractivity contribution < 1.29 is 0 Å². The monoisotopic (exact) mass is 308 g/mol. The lowest BCUT2D eigenvalue weighted by Crippen LogP contribution is -1.78. The zero-order valence-electron chi connectivity index (χ0n) is 12.7. The number of hydrogen-bond donors (Lipinski definition) is 0. The fourth-order valence-electron chi connectivity index (χ4n) is 2.83. The van der Waals surface area contributed by atoms with E-state index in [4.69, 9.17) is 0 Å². The molecule has 0 unspecified atom stereocenters. The smallest absolute Gasteiger partial charge is 0.0659 e. The second-order valence-corrected chi connectivity index (χ2v) is 5.76. The Hall–Kier alpha value is -3.40. The van der Waals surface area contributed by atoms with E-state index >= 15 is 0 Å². The molecule has 2 aliphatic heterocycles. The van der Waals surface area contributed by atoms with Crippen molar-refractivity contribution >= 4 is 46.4 Å². The lowest BCUT2D eigenvalue weighted by atomic mass is 10.3. The van der Waals surface area contributed by atoms with Crippen LogP contribution >= 0.6 is 0 Å². The maximum absolute atomic E-state index is 4.59. The Morgan fingerprint density at radius 2 is 0.833 bits per heavy atom. The van der Waals surface area contributed by atoms with E-state index in [9.17, 15) is 0 Å². The zero-order chi connectivity index (χ0) is 15.9. The van der Waals surface area contributed by atoms with Gasteiger partial charge in [-0.15, -0.1) is 22.1 Å². The highest BCUT2D eigenvalue weighted by atomic mass is 14.8. The number of fused-ring (bicyclic) bond motifs is 8. The summed E-state index contributed by atoms with van der Waals surface area (Å²) in [7, 11) is 0. The van der Waals surface area contributed by atoms with Gasteiger partial charge in [-0.05, 0) is 30.4 Å². The van der Waals surface area contributed by atoms with E-state index in [1.165, 1.54) is 0 Å². The summed E-state index contributed by atoms with van der Waals surface area (Å²) in [5, 5.41) is 0. The predicted molar refractivity (Wildman–Crippen MR) is 96.8 cm³/mol. The molecule has 0 atom stereocenters. The van der Waals surface area contributed by atoms with Crippen LogP contribution in [0.4, 0.5) is 0 Å². The highest BCUT2D eigenvalue weighted by Crippen LogP contribution is 2.16. The highest BCUT2D eigenvalue weighted by molar-refractivity contribution is 5.77. The second-order valence-electron chi connectivity index (χ2n) is 5.76. The normalized spacial score (nSPS) is 12.7. The number of hydrogen-bond acceptors (Lipinski definition) is 2. The van der Waals surface area contributed by atoms with Crippen LogP contribution in [0.15, 0.2) is 48.5 Å². The van der Waals surface area contributed by atoms with E-state index < -0.39 is 0 Å². The van der Waals surface area contributed by atoms with Crippen LogP contribution < -0.4 is 9.97 Å². The third-order valence-corrected chi connectivity index (χ3v) is 3.92. The Labute approximate surface area is 138 Å². The van der Waals surface area contributed by atoms with Crippen LogP contribution in [0.2, 0.25) is 0 Å². The van der Waals surface area contributed by atoms with Crippen molar-refractivity contribution in [2.45, 2.75) is 0 Å². The van der Waals surface area contributed by atoms with E-state index in [-0.39, 0.29) is 0 Å². The number of rotatable bonds is 0. The summed E-state index contributed by atoms with van der Waals surface area (Å²) in [5.74, 6) is 0. The summed E-state index contributed by atoms with van der Waals surface area (Å²) in [6.07, 6.45) is 7.95. The second kappa shape index (κ2) is 5.06. The molecule has 0 aromatic carbocycles. The van der Waals surface area contributed by atoms with Crippen molar-refractivity contribution in [1.82, 2.24) is 19.9 Å². The van der Waals surface area contributed by atoms with E-state index in [1.54, 1.807) is 0 Å². The Morgan fingerprint density at radius 1 is 0.458 bits per heavy atom. The molecular formula is C20H12N4-2. The maximum Gasteiger partial charge on any atom is 0.0659 e. The van der Waals surface area contributed by atoms with Crippen LogP contribution in [0.5, 0.6) is 0 Å². The molecular weight excluding hydrogens is 296 g/mol. The van der Waals surface area contributed by atoms with Gasteiger partial charge in [0.2, 0.25) is 0 Å². The van der Waals surface area contributed by atoms with Crippen LogP contribution in [0.1, 0.15) is 22.8 Å². The molecule has 3 aromatic heterocycles. The average Bonchev–Trinajstić information content (AvgIpc) is 3.32. The molecule has 114 valence electrons. The van der Waals surface area contributed by atoms with Crippen molar-refractivity contribution in [2.75, 3.05) is 0 Å². The first-order valence-corrected chi connectivity index (χ1v) is 7.74. The maximum atomic E-state index is 4.59. The van der Waals surface area contributed by atoms with E-state index in [0.717, 1.165) is 44.8 Å². The molecule has 3 aromatic rings. The third-order valence-electron chi connectivity index (χ3n) is 3.92. The van der Waals surface area contributed by atoms with Crippen LogP contribution in [0.25, 0.3) is 46.4 Å². The average molecular weight is 308 g/mol. The van der Waals surface area contributed by atoms with Gasteiger partial charge in [0, 0.05) is 0 Å². The van der Waals surface area contributed by atoms with Crippen molar-refractivity contribution in [3.63, 3.8) is 0 Å². The number of nitrogens with zero attached hydrogens (tertiary/aromatic N) is 4. The molecule has 4 heteroatoms. The van der Waals surface area contributed by atoms with Crippen LogP contribution in [-0.4, -0.2) is 9.97 Å². The van der Waals surface area contributed by atoms with Crippen LogP contribution in [-0.2, 0) is 0 Å². The summed E-state index contributed by atoms with van der Waals surface area (Å²) in [5.41, 5.74) is 7.15. The first kappa shape index (κ1) is 13.1. The van der Waals surface area contributed by atoms with E-state index in [1.807, 2.05) is 72.8 Å². The van der Waals surface area contributed by atoms with Crippen molar-refractivity contribution in [3.8, 4) is 0 Å². The van der Waals surface area contributed by atoms with Gasteiger partial charge in [-0.2, -0.15) is 0 Å². The Kier molecular flexibility index (Phi) is 2.76. The van der Waals surface area contributed by atoms with Crippen LogP contribution in [0.3, 0.4) is 0 Å². The third kappa shape index (κ3) is 2.44. The summed E-state index contributed by atoms with van der Waals surface area (Å²) in [6.45, 7) is 0. The topological polar surface area (TPSA) is 54.0 Å². The van der Waals surface area contributed by atoms with Gasteiger partial charge in [0.15, 0.2) is 0 Å². The Balaban J connectivity index is 1.85. The van der Waals surface area contributed by atoms with Gasteiger partial charge >= 0.3 is 0 Å². The molecule has 8 bridgehead atoms. The molecule has 2 aliphatic rings. The molecule has 4 nitrogen and oxygen atoms in total. The molecule has 24 heavy (non-hydrogen) atoms. The van der Waals surface area contributed by atoms with Gasteiger partial charge in [0.1, 0.15) is 0 Å². The molecule has 5 rings (SSSR count). The summed E-state index contributed by atoms with van der Waals surface area (Å²) >= 11 is 0. The van der Waals surface area contributed by atoms with Gasteiger partial charge < -0.3 is 9.97 Å². The first-order valence-electron chi connectivity index (χ1n) is 7.74. The lowest BCUT2D eigenvalue weighted by molar-refractivity contribution is 1.27. The molecule has 0 saturated heterocycles. The molecule has 0 amide bonds. The zero-order valence-corrected chi connectivity index (χ0v) is 12.7. The molecule has 0 fully saturated rings.